The summed E-state index contributed by atoms with van der Waals surface area (Å²) in [5.74, 6) is -0.529. The van der Waals surface area contributed by atoms with Crippen LogP contribution in [0.25, 0.3) is 0 Å². The number of ether oxygens (including phenoxy) is 1. The highest BCUT2D eigenvalue weighted by Gasteiger charge is 2.35. The summed E-state index contributed by atoms with van der Waals surface area (Å²) in [7, 11) is -2.79. The molecule has 1 fully saturated rings. The van der Waals surface area contributed by atoms with Gasteiger partial charge in [0.1, 0.15) is 18.3 Å². The van der Waals surface area contributed by atoms with Crippen molar-refractivity contribution < 1.29 is 22.7 Å². The van der Waals surface area contributed by atoms with Gasteiger partial charge in [-0.2, -0.15) is 0 Å². The standard InChI is InChI=1S/C32H36Cl3N3O5S/c1-3-29(32(40)36-24-10-6-4-7-11-24)37(20-22-14-15-23(33)18-27(22)34)31(39)21-38(25-16-17-30(43-2)28(35)19-25)44(41,42)26-12-8-5-9-13-26/h5,8-9,12-19,24,29H,3-4,6-7,10-11,20-21H2,1-2H3,(H,36,40)/t29-/m0/s1. The van der Waals surface area contributed by atoms with Crippen LogP contribution in [0.5, 0.6) is 5.75 Å². The molecule has 0 radical (unpaired) electrons. The van der Waals surface area contributed by atoms with Crippen molar-refractivity contribution in [2.24, 2.45) is 0 Å². The second-order valence-electron chi connectivity index (χ2n) is 10.7. The van der Waals surface area contributed by atoms with E-state index in [1.54, 1.807) is 36.4 Å². The summed E-state index contributed by atoms with van der Waals surface area (Å²) in [4.78, 5) is 29.4. The van der Waals surface area contributed by atoms with E-state index in [1.165, 1.54) is 42.3 Å². The highest BCUT2D eigenvalue weighted by molar-refractivity contribution is 7.92. The van der Waals surface area contributed by atoms with Gasteiger partial charge in [0.25, 0.3) is 10.0 Å². The van der Waals surface area contributed by atoms with Crippen molar-refractivity contribution in [3.05, 3.63) is 87.4 Å². The Morgan fingerprint density at radius 3 is 2.27 bits per heavy atom. The van der Waals surface area contributed by atoms with Crippen LogP contribution < -0.4 is 14.4 Å². The van der Waals surface area contributed by atoms with E-state index >= 15 is 0 Å². The highest BCUT2D eigenvalue weighted by Crippen LogP contribution is 2.32. The zero-order valence-electron chi connectivity index (χ0n) is 24.6. The first-order valence-corrected chi connectivity index (χ1v) is 17.1. The Morgan fingerprint density at radius 2 is 1.66 bits per heavy atom. The van der Waals surface area contributed by atoms with Gasteiger partial charge < -0.3 is 15.0 Å². The minimum Gasteiger partial charge on any atom is -0.495 e. The Morgan fingerprint density at radius 1 is 0.955 bits per heavy atom. The van der Waals surface area contributed by atoms with E-state index in [9.17, 15) is 18.0 Å². The number of benzene rings is 3. The van der Waals surface area contributed by atoms with Gasteiger partial charge in [0.2, 0.25) is 11.8 Å². The number of hydrogen-bond acceptors (Lipinski definition) is 5. The molecule has 12 heteroatoms. The fraction of sp³-hybridized carbons (Fsp3) is 0.375. The molecule has 0 saturated heterocycles. The van der Waals surface area contributed by atoms with Crippen molar-refractivity contribution in [3.63, 3.8) is 0 Å². The maximum atomic E-state index is 14.3. The maximum Gasteiger partial charge on any atom is 0.264 e. The summed E-state index contributed by atoms with van der Waals surface area (Å²) in [5.41, 5.74) is 0.732. The fourth-order valence-electron chi connectivity index (χ4n) is 5.36. The number of amides is 2. The normalized spacial score (nSPS) is 14.5. The van der Waals surface area contributed by atoms with Crippen LogP contribution in [0.15, 0.2) is 71.6 Å². The van der Waals surface area contributed by atoms with Gasteiger partial charge >= 0.3 is 0 Å². The summed E-state index contributed by atoms with van der Waals surface area (Å²) < 4.78 is 34.3. The van der Waals surface area contributed by atoms with Crippen LogP contribution in [0.4, 0.5) is 5.69 Å². The zero-order valence-corrected chi connectivity index (χ0v) is 27.7. The van der Waals surface area contributed by atoms with Gasteiger partial charge in [-0.15, -0.1) is 0 Å². The van der Waals surface area contributed by atoms with Gasteiger partial charge in [-0.1, -0.05) is 85.3 Å². The number of nitrogens with one attached hydrogen (secondary N) is 1. The molecule has 1 aliphatic rings. The molecule has 236 valence electrons. The molecule has 0 heterocycles. The maximum absolute atomic E-state index is 14.3. The van der Waals surface area contributed by atoms with Gasteiger partial charge in [-0.25, -0.2) is 8.42 Å². The zero-order chi connectivity index (χ0) is 31.9. The van der Waals surface area contributed by atoms with Crippen molar-refractivity contribution in [1.29, 1.82) is 0 Å². The second-order valence-corrected chi connectivity index (χ2v) is 13.8. The minimum absolute atomic E-state index is 0.00545. The van der Waals surface area contributed by atoms with Gasteiger partial charge in [-0.05, 0) is 67.3 Å². The molecule has 3 aromatic rings. The Balaban J connectivity index is 1.74. The number of anilines is 1. The molecular weight excluding hydrogens is 645 g/mol. The Kier molecular flexibility index (Phi) is 11.8. The van der Waals surface area contributed by atoms with E-state index in [0.717, 1.165) is 36.4 Å². The summed E-state index contributed by atoms with van der Waals surface area (Å²) in [6.45, 7) is 1.18. The third-order valence-electron chi connectivity index (χ3n) is 7.73. The van der Waals surface area contributed by atoms with E-state index in [-0.39, 0.29) is 34.1 Å². The molecule has 44 heavy (non-hydrogen) atoms. The van der Waals surface area contributed by atoms with E-state index in [4.69, 9.17) is 39.5 Å². The van der Waals surface area contributed by atoms with Crippen LogP contribution >= 0.6 is 34.8 Å². The minimum atomic E-state index is -4.24. The van der Waals surface area contributed by atoms with Crippen LogP contribution in [0.2, 0.25) is 15.1 Å². The largest absolute Gasteiger partial charge is 0.495 e. The highest BCUT2D eigenvalue weighted by atomic mass is 35.5. The Hall–Kier alpha value is -2.98. The Labute approximate surface area is 274 Å². The van der Waals surface area contributed by atoms with Gasteiger partial charge in [-0.3, -0.25) is 13.9 Å². The lowest BCUT2D eigenvalue weighted by molar-refractivity contribution is -0.140. The lowest BCUT2D eigenvalue weighted by atomic mass is 9.95. The molecule has 1 aliphatic carbocycles. The first kappa shape index (κ1) is 33.9. The van der Waals surface area contributed by atoms with E-state index in [0.29, 0.717) is 27.8 Å². The third kappa shape index (κ3) is 8.18. The molecule has 1 N–H and O–H groups in total. The molecule has 0 spiro atoms. The van der Waals surface area contributed by atoms with Crippen LogP contribution in [0.1, 0.15) is 51.0 Å². The smallest absolute Gasteiger partial charge is 0.264 e. The molecule has 0 aliphatic heterocycles. The van der Waals surface area contributed by atoms with Crippen LogP contribution in [-0.4, -0.2) is 50.9 Å². The van der Waals surface area contributed by atoms with Crippen molar-refractivity contribution in [3.8, 4) is 5.75 Å². The fourth-order valence-corrected chi connectivity index (χ4v) is 7.50. The SMILES string of the molecule is CC[C@@H](C(=O)NC1CCCCC1)N(Cc1ccc(Cl)cc1Cl)C(=O)CN(c1ccc(OC)c(Cl)c1)S(=O)(=O)c1ccccc1. The molecule has 1 atom stereocenters. The number of halogens is 3. The molecular formula is C32H36Cl3N3O5S. The van der Waals surface area contributed by atoms with Crippen molar-refractivity contribution in [1.82, 2.24) is 10.2 Å². The summed E-state index contributed by atoms with van der Waals surface area (Å²) in [6.07, 6.45) is 5.24. The summed E-state index contributed by atoms with van der Waals surface area (Å²) >= 11 is 19.0. The summed E-state index contributed by atoms with van der Waals surface area (Å²) in [6, 6.07) is 16.4. The Bertz CT molecular complexity index is 1570. The predicted octanol–water partition coefficient (Wildman–Crippen LogP) is 7.11. The monoisotopic (exact) mass is 679 g/mol. The first-order chi connectivity index (χ1) is 21.0. The number of hydrogen-bond donors (Lipinski definition) is 1. The van der Waals surface area contributed by atoms with Crippen LogP contribution in [0, 0.1) is 0 Å². The van der Waals surface area contributed by atoms with Gasteiger partial charge in [0.05, 0.1) is 22.7 Å². The molecule has 2 amide bonds. The lowest BCUT2D eigenvalue weighted by Gasteiger charge is -2.34. The molecule has 1 saturated carbocycles. The van der Waals surface area contributed by atoms with Gasteiger partial charge in [0.15, 0.2) is 0 Å². The quantitative estimate of drug-likeness (QED) is 0.220. The molecule has 0 bridgehead atoms. The lowest BCUT2D eigenvalue weighted by Crippen LogP contribution is -2.54. The predicted molar refractivity (Wildman–Crippen MR) is 175 cm³/mol. The number of carbonyl (C=O) groups excluding carboxylic acids is 2. The molecule has 4 rings (SSSR count). The average Bonchev–Trinajstić information content (AvgIpc) is 3.01. The number of carbonyl (C=O) groups is 2. The molecule has 0 aromatic heterocycles. The number of sulfonamides is 1. The van der Waals surface area contributed by atoms with Gasteiger partial charge in [0, 0.05) is 22.6 Å². The number of rotatable bonds is 12. The van der Waals surface area contributed by atoms with E-state index in [1.807, 2.05) is 6.92 Å². The molecule has 0 unspecified atom stereocenters. The molecule has 8 nitrogen and oxygen atoms in total. The van der Waals surface area contributed by atoms with Crippen molar-refractivity contribution >= 4 is 62.3 Å². The van der Waals surface area contributed by atoms with Crippen molar-refractivity contribution in [2.75, 3.05) is 18.0 Å². The third-order valence-corrected chi connectivity index (χ3v) is 10.4. The molecule has 3 aromatic carbocycles. The van der Waals surface area contributed by atoms with Crippen LogP contribution in [-0.2, 0) is 26.2 Å². The van der Waals surface area contributed by atoms with Crippen LogP contribution in [0.3, 0.4) is 0 Å². The second kappa shape index (κ2) is 15.3. The number of methoxy groups -OCH3 is 1. The topological polar surface area (TPSA) is 96.0 Å². The van der Waals surface area contributed by atoms with Crippen molar-refractivity contribution in [2.45, 2.75) is 69.0 Å². The average molecular weight is 681 g/mol. The van der Waals surface area contributed by atoms with E-state index < -0.39 is 28.5 Å². The number of nitrogens with zero attached hydrogens (tertiary/aromatic N) is 2. The van der Waals surface area contributed by atoms with E-state index in [2.05, 4.69) is 5.32 Å². The first-order valence-electron chi connectivity index (χ1n) is 14.5. The summed E-state index contributed by atoms with van der Waals surface area (Å²) in [5, 5.41) is 4.05.